The first-order chi connectivity index (χ1) is 17.0. The lowest BCUT2D eigenvalue weighted by atomic mass is 9.98. The Balaban J connectivity index is 1.54. The summed E-state index contributed by atoms with van der Waals surface area (Å²) >= 11 is 0. The summed E-state index contributed by atoms with van der Waals surface area (Å²) in [6.07, 6.45) is 0. The minimum absolute atomic E-state index is 0.915. The van der Waals surface area contributed by atoms with Crippen molar-refractivity contribution < 1.29 is 4.57 Å². The molecule has 7 rings (SSSR count). The number of para-hydroxylation sites is 2. The molecular formula is C31H23N2OP. The molecule has 0 atom stereocenters. The molecule has 2 heterocycles. The lowest BCUT2D eigenvalue weighted by molar-refractivity contribution is 0.588. The second-order valence-corrected chi connectivity index (χ2v) is 12.9. The molecule has 35 heavy (non-hydrogen) atoms. The number of rotatable bonds is 2. The van der Waals surface area contributed by atoms with Gasteiger partial charge in [0, 0.05) is 16.1 Å². The molecule has 7 aromatic rings. The van der Waals surface area contributed by atoms with E-state index in [0.717, 1.165) is 54.8 Å². The summed E-state index contributed by atoms with van der Waals surface area (Å²) in [6, 6.07) is 36.2. The lowest BCUT2D eigenvalue weighted by Gasteiger charge is -2.12. The topological polar surface area (TPSA) is 34.4 Å². The summed E-state index contributed by atoms with van der Waals surface area (Å²) in [5.41, 5.74) is 6.53. The van der Waals surface area contributed by atoms with Crippen molar-refractivity contribution in [3.8, 4) is 11.1 Å². The molecule has 0 N–H and O–H groups in total. The molecule has 0 aliphatic rings. The van der Waals surface area contributed by atoms with Crippen LogP contribution in [-0.2, 0) is 4.57 Å². The van der Waals surface area contributed by atoms with Crippen LogP contribution in [0.2, 0.25) is 0 Å². The van der Waals surface area contributed by atoms with E-state index >= 15 is 0 Å². The van der Waals surface area contributed by atoms with Gasteiger partial charge in [0.2, 0.25) is 0 Å². The van der Waals surface area contributed by atoms with Gasteiger partial charge >= 0.3 is 0 Å². The van der Waals surface area contributed by atoms with Crippen LogP contribution in [0.25, 0.3) is 60.3 Å². The second-order valence-electron chi connectivity index (χ2n) is 9.63. The Kier molecular flexibility index (Phi) is 4.25. The fourth-order valence-corrected chi connectivity index (χ4v) is 6.12. The number of benzene rings is 5. The quantitative estimate of drug-likeness (QED) is 0.190. The van der Waals surface area contributed by atoms with Gasteiger partial charge in [-0.15, -0.1) is 0 Å². The Morgan fingerprint density at radius 2 is 1.34 bits per heavy atom. The maximum Gasteiger partial charge on any atom is 0.146 e. The van der Waals surface area contributed by atoms with Crippen molar-refractivity contribution in [2.45, 2.75) is 0 Å². The molecule has 0 bridgehead atoms. The van der Waals surface area contributed by atoms with E-state index in [0.29, 0.717) is 0 Å². The fourth-order valence-electron chi connectivity index (χ4n) is 5.24. The Morgan fingerprint density at radius 1 is 0.629 bits per heavy atom. The van der Waals surface area contributed by atoms with E-state index in [1.807, 2.05) is 25.5 Å². The molecular weight excluding hydrogens is 447 g/mol. The molecule has 0 saturated heterocycles. The first-order valence-electron chi connectivity index (χ1n) is 11.8. The number of hydrogen-bond acceptors (Lipinski definition) is 2. The van der Waals surface area contributed by atoms with Crippen molar-refractivity contribution in [3.05, 3.63) is 103 Å². The zero-order valence-electron chi connectivity index (χ0n) is 19.6. The van der Waals surface area contributed by atoms with E-state index in [4.69, 9.17) is 4.98 Å². The summed E-state index contributed by atoms with van der Waals surface area (Å²) in [7, 11) is -2.32. The zero-order valence-corrected chi connectivity index (χ0v) is 20.5. The smallest absolute Gasteiger partial charge is 0.146 e. The first-order valence-corrected chi connectivity index (χ1v) is 14.4. The summed E-state index contributed by atoms with van der Waals surface area (Å²) in [5, 5.41) is 6.76. The molecule has 0 unspecified atom stereocenters. The molecule has 0 fully saturated rings. The number of imidazole rings is 1. The number of hydrogen-bond donors (Lipinski definition) is 0. The Hall–Kier alpha value is -3.94. The highest BCUT2D eigenvalue weighted by atomic mass is 31.2. The van der Waals surface area contributed by atoms with Gasteiger partial charge in [-0.25, -0.2) is 4.98 Å². The molecule has 168 valence electrons. The third kappa shape index (κ3) is 3.12. The minimum Gasteiger partial charge on any atom is -0.319 e. The van der Waals surface area contributed by atoms with Crippen LogP contribution < -0.4 is 5.30 Å². The van der Waals surface area contributed by atoms with Crippen LogP contribution in [0.4, 0.5) is 0 Å². The fraction of sp³-hybridized carbons (Fsp3) is 0.0645. The van der Waals surface area contributed by atoms with E-state index in [-0.39, 0.29) is 0 Å². The normalized spacial score (nSPS) is 12.4. The predicted molar refractivity (Wildman–Crippen MR) is 150 cm³/mol. The maximum absolute atomic E-state index is 12.7. The van der Waals surface area contributed by atoms with E-state index in [9.17, 15) is 4.57 Å². The SMILES string of the molecule is CP(C)(=O)c1ccc2ccc(-c3ccc4c5ccccc5c5nc6ccccc6n5c4c3)cc2c1. The molecule has 0 aliphatic carbocycles. The highest BCUT2D eigenvalue weighted by Crippen LogP contribution is 2.37. The molecule has 0 aliphatic heterocycles. The monoisotopic (exact) mass is 470 g/mol. The predicted octanol–water partition coefficient (Wildman–Crippen LogP) is 7.86. The summed E-state index contributed by atoms with van der Waals surface area (Å²) in [6.45, 7) is 3.65. The van der Waals surface area contributed by atoms with Crippen molar-refractivity contribution in [1.29, 1.82) is 0 Å². The summed E-state index contributed by atoms with van der Waals surface area (Å²) < 4.78 is 15.0. The Morgan fingerprint density at radius 3 is 2.20 bits per heavy atom. The van der Waals surface area contributed by atoms with Crippen LogP contribution in [0.3, 0.4) is 0 Å². The molecule has 0 radical (unpaired) electrons. The van der Waals surface area contributed by atoms with Gasteiger partial charge in [-0.2, -0.15) is 0 Å². The van der Waals surface area contributed by atoms with Gasteiger partial charge in [-0.05, 0) is 70.9 Å². The van der Waals surface area contributed by atoms with Gasteiger partial charge in [0.25, 0.3) is 0 Å². The van der Waals surface area contributed by atoms with Crippen LogP contribution in [0, 0.1) is 0 Å². The number of nitrogens with zero attached hydrogens (tertiary/aromatic N) is 2. The van der Waals surface area contributed by atoms with Gasteiger partial charge in [0.05, 0.1) is 16.6 Å². The van der Waals surface area contributed by atoms with Gasteiger partial charge < -0.3 is 4.57 Å². The number of fused-ring (bicyclic) bond motifs is 9. The molecule has 3 nitrogen and oxygen atoms in total. The van der Waals surface area contributed by atoms with E-state index in [1.165, 1.54) is 10.8 Å². The molecule has 5 aromatic carbocycles. The van der Waals surface area contributed by atoms with Crippen molar-refractivity contribution >= 4 is 61.6 Å². The number of aromatic nitrogens is 2. The van der Waals surface area contributed by atoms with Gasteiger partial charge in [0.1, 0.15) is 12.8 Å². The van der Waals surface area contributed by atoms with Crippen LogP contribution in [-0.4, -0.2) is 22.7 Å². The largest absolute Gasteiger partial charge is 0.319 e. The molecule has 0 amide bonds. The lowest BCUT2D eigenvalue weighted by Crippen LogP contribution is -2.01. The molecule has 0 saturated carbocycles. The summed E-state index contributed by atoms with van der Waals surface area (Å²) in [4.78, 5) is 5.01. The van der Waals surface area contributed by atoms with Gasteiger partial charge in [0.15, 0.2) is 0 Å². The minimum atomic E-state index is -2.32. The van der Waals surface area contributed by atoms with Crippen LogP contribution in [0.1, 0.15) is 0 Å². The highest BCUT2D eigenvalue weighted by Gasteiger charge is 2.15. The van der Waals surface area contributed by atoms with Gasteiger partial charge in [-0.3, -0.25) is 4.40 Å². The van der Waals surface area contributed by atoms with Crippen molar-refractivity contribution in [3.63, 3.8) is 0 Å². The average Bonchev–Trinajstić information content (AvgIpc) is 3.27. The third-order valence-corrected chi connectivity index (χ3v) is 8.56. The standard InChI is InChI=1S/C31H23N2OP/c1-35(2,34)24-15-13-20-11-12-21(17-23(20)18-24)22-14-16-26-25-7-3-4-8-27(25)31-32-28-9-5-6-10-29(28)33(31)30(26)19-22/h3-19H,1-2H3. The zero-order chi connectivity index (χ0) is 23.7. The van der Waals surface area contributed by atoms with Crippen LogP contribution in [0.5, 0.6) is 0 Å². The molecule has 0 spiro atoms. The molecule has 4 heteroatoms. The van der Waals surface area contributed by atoms with Gasteiger partial charge in [-0.1, -0.05) is 72.8 Å². The second kappa shape index (κ2) is 7.28. The van der Waals surface area contributed by atoms with Crippen LogP contribution in [0.15, 0.2) is 103 Å². The Bertz CT molecular complexity index is 2010. The third-order valence-electron chi connectivity index (χ3n) is 7.04. The number of pyridine rings is 1. The van der Waals surface area contributed by atoms with E-state index in [1.54, 1.807) is 0 Å². The van der Waals surface area contributed by atoms with E-state index in [2.05, 4.69) is 95.4 Å². The first kappa shape index (κ1) is 20.4. The Labute approximate surface area is 203 Å². The summed E-state index contributed by atoms with van der Waals surface area (Å²) in [5.74, 6) is 0. The average molecular weight is 471 g/mol. The van der Waals surface area contributed by atoms with Crippen molar-refractivity contribution in [1.82, 2.24) is 9.38 Å². The maximum atomic E-state index is 12.7. The van der Waals surface area contributed by atoms with E-state index < -0.39 is 7.14 Å². The highest BCUT2D eigenvalue weighted by molar-refractivity contribution is 7.70. The molecule has 2 aromatic heterocycles. The van der Waals surface area contributed by atoms with Crippen LogP contribution >= 0.6 is 7.14 Å². The van der Waals surface area contributed by atoms with Crippen molar-refractivity contribution in [2.24, 2.45) is 0 Å². The van der Waals surface area contributed by atoms with Crippen molar-refractivity contribution in [2.75, 3.05) is 13.3 Å².